The molecule has 2 aromatic carbocycles. The third-order valence-electron chi connectivity index (χ3n) is 4.14. The third kappa shape index (κ3) is 3.45. The zero-order valence-corrected chi connectivity index (χ0v) is 14.2. The summed E-state index contributed by atoms with van der Waals surface area (Å²) < 4.78 is 50.7. The highest BCUT2D eigenvalue weighted by Gasteiger charge is 2.22. The van der Waals surface area contributed by atoms with Gasteiger partial charge in [-0.2, -0.15) is 0 Å². The van der Waals surface area contributed by atoms with Crippen molar-refractivity contribution in [2.24, 2.45) is 0 Å². The van der Waals surface area contributed by atoms with Gasteiger partial charge in [0.25, 0.3) is 5.91 Å². The van der Waals surface area contributed by atoms with Gasteiger partial charge in [0.1, 0.15) is 0 Å². The first-order chi connectivity index (χ1) is 12.4. The van der Waals surface area contributed by atoms with Gasteiger partial charge in [0.05, 0.1) is 11.6 Å². The number of hydrogen-bond donors (Lipinski definition) is 1. The number of ether oxygens (including phenoxy) is 2. The highest BCUT2D eigenvalue weighted by atomic mass is 19.2. The molecule has 0 aromatic heterocycles. The van der Waals surface area contributed by atoms with E-state index in [4.69, 9.17) is 9.47 Å². The van der Waals surface area contributed by atoms with E-state index in [2.05, 4.69) is 5.32 Å². The van der Waals surface area contributed by atoms with E-state index in [1.165, 1.54) is 0 Å². The quantitative estimate of drug-likeness (QED) is 0.827. The average Bonchev–Trinajstić information content (AvgIpc) is 3.07. The molecule has 8 heteroatoms. The van der Waals surface area contributed by atoms with Crippen LogP contribution in [0.25, 0.3) is 0 Å². The first-order valence-corrected chi connectivity index (χ1v) is 7.86. The van der Waals surface area contributed by atoms with E-state index in [0.29, 0.717) is 17.6 Å². The lowest BCUT2D eigenvalue weighted by Gasteiger charge is -2.25. The van der Waals surface area contributed by atoms with Gasteiger partial charge in [0, 0.05) is 6.54 Å². The summed E-state index contributed by atoms with van der Waals surface area (Å²) in [6, 6.07) is 6.79. The standard InChI is InChI=1S/C18H17F3N2O3/c1-23(2)13(10-3-6-14-15(7-10)26-9-25-14)8-22-18(24)11-4-5-12(19)17(21)16(11)20/h3-7,13H,8-9H2,1-2H3,(H,22,24). The van der Waals surface area contributed by atoms with Crippen molar-refractivity contribution < 1.29 is 27.4 Å². The summed E-state index contributed by atoms with van der Waals surface area (Å²) in [5.74, 6) is -4.10. The number of amides is 1. The van der Waals surface area contributed by atoms with Gasteiger partial charge in [-0.3, -0.25) is 4.79 Å². The summed E-state index contributed by atoms with van der Waals surface area (Å²) in [6.07, 6.45) is 0. The maximum atomic E-state index is 13.8. The molecule has 0 saturated heterocycles. The van der Waals surface area contributed by atoms with Crippen LogP contribution in [0.2, 0.25) is 0 Å². The van der Waals surface area contributed by atoms with Crippen molar-refractivity contribution in [3.8, 4) is 11.5 Å². The topological polar surface area (TPSA) is 50.8 Å². The van der Waals surface area contributed by atoms with Gasteiger partial charge in [0.2, 0.25) is 6.79 Å². The van der Waals surface area contributed by atoms with Gasteiger partial charge >= 0.3 is 0 Å². The Morgan fingerprint density at radius 1 is 1.12 bits per heavy atom. The van der Waals surface area contributed by atoms with E-state index in [1.807, 2.05) is 25.1 Å². The van der Waals surface area contributed by atoms with Crippen LogP contribution in [-0.4, -0.2) is 38.2 Å². The molecule has 0 aliphatic carbocycles. The number of benzene rings is 2. The third-order valence-corrected chi connectivity index (χ3v) is 4.14. The number of carbonyl (C=O) groups is 1. The fraction of sp³-hybridized carbons (Fsp3) is 0.278. The number of halogens is 3. The number of nitrogens with zero attached hydrogens (tertiary/aromatic N) is 1. The lowest BCUT2D eigenvalue weighted by atomic mass is 10.0. The lowest BCUT2D eigenvalue weighted by molar-refractivity contribution is 0.0936. The molecule has 1 atom stereocenters. The van der Waals surface area contributed by atoms with Gasteiger partial charge < -0.3 is 19.7 Å². The fourth-order valence-electron chi connectivity index (χ4n) is 2.70. The van der Waals surface area contributed by atoms with E-state index >= 15 is 0 Å². The van der Waals surface area contributed by atoms with Crippen molar-refractivity contribution in [1.82, 2.24) is 10.2 Å². The first-order valence-electron chi connectivity index (χ1n) is 7.86. The molecule has 1 heterocycles. The number of nitrogens with one attached hydrogen (secondary N) is 1. The largest absolute Gasteiger partial charge is 0.454 e. The summed E-state index contributed by atoms with van der Waals surface area (Å²) in [6.45, 7) is 0.279. The zero-order chi connectivity index (χ0) is 18.8. The predicted octanol–water partition coefficient (Wildman–Crippen LogP) is 2.87. The molecular weight excluding hydrogens is 349 g/mol. The molecule has 0 saturated carbocycles. The number of fused-ring (bicyclic) bond motifs is 1. The van der Waals surface area contributed by atoms with E-state index in [9.17, 15) is 18.0 Å². The van der Waals surface area contributed by atoms with Crippen LogP contribution >= 0.6 is 0 Å². The van der Waals surface area contributed by atoms with E-state index in [-0.39, 0.29) is 19.4 Å². The van der Waals surface area contributed by atoms with Gasteiger partial charge in [-0.1, -0.05) is 6.07 Å². The molecule has 1 aliphatic rings. The van der Waals surface area contributed by atoms with E-state index in [1.54, 1.807) is 12.1 Å². The Kier molecular flexibility index (Phi) is 5.03. The Morgan fingerprint density at radius 2 is 1.85 bits per heavy atom. The molecule has 0 radical (unpaired) electrons. The molecule has 1 unspecified atom stereocenters. The molecular formula is C18H17F3N2O3. The lowest BCUT2D eigenvalue weighted by Crippen LogP contribution is -2.35. The Bertz CT molecular complexity index is 843. The molecule has 0 fully saturated rings. The SMILES string of the molecule is CN(C)C(CNC(=O)c1ccc(F)c(F)c1F)c1ccc2c(c1)OCO2. The molecule has 5 nitrogen and oxygen atoms in total. The molecule has 1 N–H and O–H groups in total. The van der Waals surface area contributed by atoms with Crippen LogP contribution in [0.3, 0.4) is 0 Å². The molecule has 1 amide bonds. The minimum Gasteiger partial charge on any atom is -0.454 e. The van der Waals surface area contributed by atoms with Crippen LogP contribution in [0.1, 0.15) is 22.0 Å². The molecule has 0 spiro atoms. The molecule has 0 bridgehead atoms. The number of carbonyl (C=O) groups excluding carboxylic acids is 1. The van der Waals surface area contributed by atoms with Gasteiger partial charge in [-0.05, 0) is 43.9 Å². The summed E-state index contributed by atoms with van der Waals surface area (Å²) >= 11 is 0. The van der Waals surface area contributed by atoms with Crippen LogP contribution in [0, 0.1) is 17.5 Å². The average molecular weight is 366 g/mol. The van der Waals surface area contributed by atoms with Gasteiger partial charge in [-0.25, -0.2) is 13.2 Å². The molecule has 1 aliphatic heterocycles. The second-order valence-corrected chi connectivity index (χ2v) is 6.03. The van der Waals surface area contributed by atoms with Crippen LogP contribution in [0.15, 0.2) is 30.3 Å². The van der Waals surface area contributed by atoms with Crippen molar-refractivity contribution in [3.05, 3.63) is 58.9 Å². The number of likely N-dealkylation sites (N-methyl/N-ethyl adjacent to an activating group) is 1. The highest BCUT2D eigenvalue weighted by Crippen LogP contribution is 2.35. The normalized spacial score (nSPS) is 13.8. The fourth-order valence-corrected chi connectivity index (χ4v) is 2.70. The van der Waals surface area contributed by atoms with Gasteiger partial charge in [0.15, 0.2) is 29.0 Å². The monoisotopic (exact) mass is 366 g/mol. The summed E-state index contributed by atoms with van der Waals surface area (Å²) in [4.78, 5) is 14.0. The highest BCUT2D eigenvalue weighted by molar-refractivity contribution is 5.94. The van der Waals surface area contributed by atoms with Crippen molar-refractivity contribution >= 4 is 5.91 Å². The second kappa shape index (κ2) is 7.25. The number of rotatable bonds is 5. The van der Waals surface area contributed by atoms with Crippen LogP contribution in [0.4, 0.5) is 13.2 Å². The Balaban J connectivity index is 1.75. The summed E-state index contributed by atoms with van der Waals surface area (Å²) in [5, 5.41) is 2.55. The number of hydrogen-bond acceptors (Lipinski definition) is 4. The Labute approximate surface area is 148 Å². The minimum absolute atomic E-state index is 0.129. The van der Waals surface area contributed by atoms with Crippen molar-refractivity contribution in [2.45, 2.75) is 6.04 Å². The predicted molar refractivity (Wildman–Crippen MR) is 87.6 cm³/mol. The van der Waals surface area contributed by atoms with E-state index in [0.717, 1.165) is 11.6 Å². The van der Waals surface area contributed by atoms with Crippen molar-refractivity contribution in [2.75, 3.05) is 27.4 Å². The van der Waals surface area contributed by atoms with Crippen LogP contribution in [0.5, 0.6) is 11.5 Å². The minimum atomic E-state index is -1.67. The maximum absolute atomic E-state index is 13.8. The molecule has 2 aromatic rings. The summed E-state index contributed by atoms with van der Waals surface area (Å²) in [5.41, 5.74) is 0.303. The van der Waals surface area contributed by atoms with E-state index < -0.39 is 28.9 Å². The smallest absolute Gasteiger partial charge is 0.254 e. The molecule has 138 valence electrons. The maximum Gasteiger partial charge on any atom is 0.254 e. The summed E-state index contributed by atoms with van der Waals surface area (Å²) in [7, 11) is 3.64. The van der Waals surface area contributed by atoms with Crippen LogP contribution < -0.4 is 14.8 Å². The van der Waals surface area contributed by atoms with Crippen molar-refractivity contribution in [3.63, 3.8) is 0 Å². The first kappa shape index (κ1) is 18.1. The Hall–Kier alpha value is -2.74. The zero-order valence-electron chi connectivity index (χ0n) is 14.2. The van der Waals surface area contributed by atoms with Gasteiger partial charge in [-0.15, -0.1) is 0 Å². The molecule has 26 heavy (non-hydrogen) atoms. The van der Waals surface area contributed by atoms with Crippen LogP contribution in [-0.2, 0) is 0 Å². The van der Waals surface area contributed by atoms with Crippen molar-refractivity contribution in [1.29, 1.82) is 0 Å². The second-order valence-electron chi connectivity index (χ2n) is 6.03. The molecule has 3 rings (SSSR count). The Morgan fingerprint density at radius 3 is 2.58 bits per heavy atom.